The van der Waals surface area contributed by atoms with Crippen LogP contribution >= 0.6 is 11.3 Å². The maximum Gasteiger partial charge on any atom is 0.234 e. The van der Waals surface area contributed by atoms with Gasteiger partial charge in [0.2, 0.25) is 5.91 Å². The van der Waals surface area contributed by atoms with E-state index in [1.165, 1.54) is 4.88 Å². The molecule has 1 rings (SSSR count). The van der Waals surface area contributed by atoms with E-state index in [2.05, 4.69) is 42.0 Å². The second kappa shape index (κ2) is 7.51. The lowest BCUT2D eigenvalue weighted by Crippen LogP contribution is -2.40. The average molecular weight is 270 g/mol. The van der Waals surface area contributed by atoms with Crippen molar-refractivity contribution in [3.63, 3.8) is 0 Å². The van der Waals surface area contributed by atoms with Gasteiger partial charge in [-0.1, -0.05) is 19.9 Å². The van der Waals surface area contributed by atoms with Crippen molar-refractivity contribution in [2.24, 2.45) is 0 Å². The van der Waals surface area contributed by atoms with Crippen molar-refractivity contribution in [2.45, 2.75) is 19.3 Å². The van der Waals surface area contributed by atoms with Crippen LogP contribution in [-0.4, -0.2) is 39.3 Å². The van der Waals surface area contributed by atoms with Gasteiger partial charge >= 0.3 is 0 Å². The number of carbonyl (C=O) groups is 1. The maximum atomic E-state index is 11.5. The van der Waals surface area contributed by atoms with E-state index in [-0.39, 0.29) is 11.3 Å². The van der Waals surface area contributed by atoms with Crippen LogP contribution < -0.4 is 10.6 Å². The first-order valence-corrected chi connectivity index (χ1v) is 6.94. The third-order valence-corrected chi connectivity index (χ3v) is 3.90. The molecule has 1 amide bonds. The van der Waals surface area contributed by atoms with Crippen LogP contribution in [-0.2, 0) is 14.9 Å². The van der Waals surface area contributed by atoms with Crippen molar-refractivity contribution >= 4 is 17.2 Å². The molecule has 0 saturated heterocycles. The van der Waals surface area contributed by atoms with E-state index in [4.69, 9.17) is 4.74 Å². The van der Waals surface area contributed by atoms with Crippen LogP contribution in [0.4, 0.5) is 0 Å². The predicted molar refractivity (Wildman–Crippen MR) is 75.1 cm³/mol. The van der Waals surface area contributed by atoms with Crippen molar-refractivity contribution in [3.05, 3.63) is 22.4 Å². The quantitative estimate of drug-likeness (QED) is 0.702. The smallest absolute Gasteiger partial charge is 0.234 e. The van der Waals surface area contributed by atoms with Gasteiger partial charge in [0.15, 0.2) is 0 Å². The van der Waals surface area contributed by atoms with Gasteiger partial charge in [-0.3, -0.25) is 4.79 Å². The molecule has 0 aliphatic carbocycles. The number of hydrogen-bond donors (Lipinski definition) is 2. The summed E-state index contributed by atoms with van der Waals surface area (Å²) in [6.45, 7) is 6.59. The van der Waals surface area contributed by atoms with Gasteiger partial charge in [0.1, 0.15) is 0 Å². The van der Waals surface area contributed by atoms with Crippen LogP contribution in [0.15, 0.2) is 17.5 Å². The molecule has 0 spiro atoms. The maximum absolute atomic E-state index is 11.5. The van der Waals surface area contributed by atoms with Crippen LogP contribution in [0.2, 0.25) is 0 Å². The highest BCUT2D eigenvalue weighted by Gasteiger charge is 2.21. The lowest BCUT2D eigenvalue weighted by Gasteiger charge is -2.23. The van der Waals surface area contributed by atoms with Gasteiger partial charge < -0.3 is 15.4 Å². The van der Waals surface area contributed by atoms with Crippen LogP contribution in [0, 0.1) is 0 Å². The summed E-state index contributed by atoms with van der Waals surface area (Å²) >= 11 is 1.75. The van der Waals surface area contributed by atoms with E-state index in [1.54, 1.807) is 18.4 Å². The molecule has 5 heteroatoms. The molecule has 18 heavy (non-hydrogen) atoms. The molecule has 102 valence electrons. The SMILES string of the molecule is COCCNC(=O)CNCC(C)(C)c1cccs1. The summed E-state index contributed by atoms with van der Waals surface area (Å²) in [6, 6.07) is 4.18. The first-order valence-electron chi connectivity index (χ1n) is 6.06. The fourth-order valence-corrected chi connectivity index (χ4v) is 2.45. The Balaban J connectivity index is 2.23. The lowest BCUT2D eigenvalue weighted by atomic mass is 9.91. The molecule has 0 bridgehead atoms. The van der Waals surface area contributed by atoms with Crippen molar-refractivity contribution in [2.75, 3.05) is 33.4 Å². The number of amides is 1. The van der Waals surface area contributed by atoms with Gasteiger partial charge in [-0.2, -0.15) is 0 Å². The largest absolute Gasteiger partial charge is 0.383 e. The molecule has 1 aromatic heterocycles. The number of thiophene rings is 1. The highest BCUT2D eigenvalue weighted by Crippen LogP contribution is 2.26. The molecule has 2 N–H and O–H groups in total. The molecule has 0 unspecified atom stereocenters. The third-order valence-electron chi connectivity index (χ3n) is 2.67. The van der Waals surface area contributed by atoms with Crippen LogP contribution in [0.1, 0.15) is 18.7 Å². The number of methoxy groups -OCH3 is 1. The Morgan fingerprint density at radius 3 is 2.89 bits per heavy atom. The molecular weight excluding hydrogens is 248 g/mol. The fourth-order valence-electron chi connectivity index (χ4n) is 1.59. The summed E-state index contributed by atoms with van der Waals surface area (Å²) in [5, 5.41) is 8.05. The van der Waals surface area contributed by atoms with Gasteiger partial charge in [0.25, 0.3) is 0 Å². The number of ether oxygens (including phenoxy) is 1. The molecule has 4 nitrogen and oxygen atoms in total. The Hall–Kier alpha value is -0.910. The molecule has 0 aliphatic heterocycles. The zero-order valence-electron chi connectivity index (χ0n) is 11.3. The standard InChI is InChI=1S/C13H22N2O2S/c1-13(2,11-5-4-8-18-11)10-14-9-12(16)15-6-7-17-3/h4-5,8,14H,6-7,9-10H2,1-3H3,(H,15,16). The van der Waals surface area contributed by atoms with Gasteiger partial charge in [0, 0.05) is 30.5 Å². The second-order valence-electron chi connectivity index (χ2n) is 4.81. The Kier molecular flexibility index (Phi) is 6.32. The van der Waals surface area contributed by atoms with Crippen LogP contribution in [0.3, 0.4) is 0 Å². The van der Waals surface area contributed by atoms with Gasteiger partial charge in [-0.05, 0) is 11.4 Å². The molecule has 0 fully saturated rings. The molecule has 1 aromatic rings. The van der Waals surface area contributed by atoms with Crippen LogP contribution in [0.25, 0.3) is 0 Å². The number of rotatable bonds is 8. The highest BCUT2D eigenvalue weighted by molar-refractivity contribution is 7.10. The number of carbonyl (C=O) groups excluding carboxylic acids is 1. The van der Waals surface area contributed by atoms with Crippen molar-refractivity contribution in [1.29, 1.82) is 0 Å². The van der Waals surface area contributed by atoms with Crippen molar-refractivity contribution in [1.82, 2.24) is 10.6 Å². The molecule has 0 aromatic carbocycles. The first-order chi connectivity index (χ1) is 8.56. The molecular formula is C13H22N2O2S. The summed E-state index contributed by atoms with van der Waals surface area (Å²) in [5.41, 5.74) is 0.0565. The lowest BCUT2D eigenvalue weighted by molar-refractivity contribution is -0.120. The zero-order valence-corrected chi connectivity index (χ0v) is 12.1. The first kappa shape index (κ1) is 15.1. The topological polar surface area (TPSA) is 50.4 Å². The Morgan fingerprint density at radius 1 is 1.50 bits per heavy atom. The number of nitrogens with one attached hydrogen (secondary N) is 2. The summed E-state index contributed by atoms with van der Waals surface area (Å²) in [7, 11) is 1.62. The van der Waals surface area contributed by atoms with E-state index in [9.17, 15) is 4.79 Å². The normalized spacial score (nSPS) is 11.5. The van der Waals surface area contributed by atoms with Crippen LogP contribution in [0.5, 0.6) is 0 Å². The highest BCUT2D eigenvalue weighted by atomic mass is 32.1. The fraction of sp³-hybridized carbons (Fsp3) is 0.615. The zero-order chi connectivity index (χ0) is 13.4. The third kappa shape index (κ3) is 5.16. The minimum absolute atomic E-state index is 0.00836. The molecule has 0 radical (unpaired) electrons. The monoisotopic (exact) mass is 270 g/mol. The van der Waals surface area contributed by atoms with Gasteiger partial charge in [0.05, 0.1) is 13.2 Å². The van der Waals surface area contributed by atoms with Crippen molar-refractivity contribution in [3.8, 4) is 0 Å². The summed E-state index contributed by atoms with van der Waals surface area (Å²) in [4.78, 5) is 12.8. The molecule has 0 saturated carbocycles. The number of hydrogen-bond acceptors (Lipinski definition) is 4. The van der Waals surface area contributed by atoms with E-state index in [0.717, 1.165) is 6.54 Å². The van der Waals surface area contributed by atoms with E-state index in [1.807, 2.05) is 0 Å². The van der Waals surface area contributed by atoms with E-state index < -0.39 is 0 Å². The van der Waals surface area contributed by atoms with Gasteiger partial charge in [-0.15, -0.1) is 11.3 Å². The Morgan fingerprint density at radius 2 is 2.28 bits per heavy atom. The predicted octanol–water partition coefficient (Wildman–Crippen LogP) is 1.38. The van der Waals surface area contributed by atoms with Crippen molar-refractivity contribution < 1.29 is 9.53 Å². The summed E-state index contributed by atoms with van der Waals surface area (Å²) in [6.07, 6.45) is 0. The van der Waals surface area contributed by atoms with E-state index >= 15 is 0 Å². The minimum Gasteiger partial charge on any atom is -0.383 e. The molecule has 1 heterocycles. The van der Waals surface area contributed by atoms with E-state index in [0.29, 0.717) is 19.7 Å². The molecule has 0 atom stereocenters. The Labute approximate surface area is 113 Å². The van der Waals surface area contributed by atoms with Gasteiger partial charge in [-0.25, -0.2) is 0 Å². The molecule has 0 aliphatic rings. The summed E-state index contributed by atoms with van der Waals surface area (Å²) in [5.74, 6) is 0.00836. The second-order valence-corrected chi connectivity index (χ2v) is 5.76. The summed E-state index contributed by atoms with van der Waals surface area (Å²) < 4.78 is 4.87. The minimum atomic E-state index is 0.00836. The Bertz CT molecular complexity index is 350. The average Bonchev–Trinajstić information content (AvgIpc) is 2.83.